The fraction of sp³-hybridized carbons (Fsp3) is 0.538. The molecule has 0 saturated heterocycles. The average Bonchev–Trinajstić information content (AvgIpc) is 3.09. The van der Waals surface area contributed by atoms with Gasteiger partial charge in [0, 0.05) is 12.6 Å². The van der Waals surface area contributed by atoms with Gasteiger partial charge in [0.15, 0.2) is 0 Å². The monoisotopic (exact) mass is 215 g/mol. The Bertz CT molecular complexity index is 385. The maximum atomic E-state index is 8.71. The molecule has 0 bridgehead atoms. The van der Waals surface area contributed by atoms with Crippen LogP contribution in [0.3, 0.4) is 0 Å². The minimum Gasteiger partial charge on any atom is -0.368 e. The van der Waals surface area contributed by atoms with Crippen LogP contribution in [0.25, 0.3) is 0 Å². The molecular formula is C13H17N3. The number of hydrogen-bond donors (Lipinski definition) is 0. The van der Waals surface area contributed by atoms with E-state index in [4.69, 9.17) is 5.26 Å². The summed E-state index contributed by atoms with van der Waals surface area (Å²) in [6.07, 6.45) is 4.51. The van der Waals surface area contributed by atoms with E-state index in [0.29, 0.717) is 11.7 Å². The molecule has 84 valence electrons. The van der Waals surface area contributed by atoms with Crippen molar-refractivity contribution in [2.45, 2.75) is 32.7 Å². The number of hydrogen-bond acceptors (Lipinski definition) is 3. The van der Waals surface area contributed by atoms with Crippen molar-refractivity contribution < 1.29 is 0 Å². The third-order valence-corrected chi connectivity index (χ3v) is 2.97. The molecule has 1 saturated carbocycles. The van der Waals surface area contributed by atoms with Crippen LogP contribution in [0.15, 0.2) is 18.3 Å². The Morgan fingerprint density at radius 1 is 1.50 bits per heavy atom. The summed E-state index contributed by atoms with van der Waals surface area (Å²) in [5, 5.41) is 8.71. The van der Waals surface area contributed by atoms with Crippen LogP contribution in [0, 0.1) is 17.2 Å². The Kier molecular flexibility index (Phi) is 3.09. The molecule has 0 radical (unpaired) electrons. The van der Waals surface area contributed by atoms with E-state index in [2.05, 4.69) is 23.7 Å². The van der Waals surface area contributed by atoms with Gasteiger partial charge < -0.3 is 4.90 Å². The first kappa shape index (κ1) is 10.9. The summed E-state index contributed by atoms with van der Waals surface area (Å²) < 4.78 is 0. The van der Waals surface area contributed by atoms with Crippen molar-refractivity contribution in [2.24, 2.45) is 5.92 Å². The lowest BCUT2D eigenvalue weighted by atomic mass is 10.2. The Balaban J connectivity index is 2.13. The van der Waals surface area contributed by atoms with Crippen LogP contribution in [0.5, 0.6) is 0 Å². The van der Waals surface area contributed by atoms with Crippen LogP contribution < -0.4 is 4.90 Å². The summed E-state index contributed by atoms with van der Waals surface area (Å²) in [5.41, 5.74) is 1.61. The molecule has 3 heteroatoms. The van der Waals surface area contributed by atoms with Crippen molar-refractivity contribution >= 4 is 5.69 Å². The van der Waals surface area contributed by atoms with E-state index in [-0.39, 0.29) is 0 Å². The van der Waals surface area contributed by atoms with Gasteiger partial charge in [-0.1, -0.05) is 0 Å². The molecule has 16 heavy (non-hydrogen) atoms. The fourth-order valence-corrected chi connectivity index (χ4v) is 1.82. The zero-order valence-electron chi connectivity index (χ0n) is 9.85. The second-order valence-electron chi connectivity index (χ2n) is 4.70. The first-order valence-electron chi connectivity index (χ1n) is 5.83. The van der Waals surface area contributed by atoms with Crippen LogP contribution >= 0.6 is 0 Å². The summed E-state index contributed by atoms with van der Waals surface area (Å²) in [4.78, 5) is 6.49. The smallest absolute Gasteiger partial charge is 0.140 e. The molecule has 0 aliphatic heterocycles. The van der Waals surface area contributed by atoms with Gasteiger partial charge in [0.05, 0.1) is 11.9 Å². The summed E-state index contributed by atoms with van der Waals surface area (Å²) >= 11 is 0. The molecule has 0 spiro atoms. The standard InChI is InChI=1S/C13H17N3/c1-10(2)16(9-11-3-4-11)13-6-5-12(7-14)15-8-13/h5-6,8,10-11H,3-4,9H2,1-2H3. The molecule has 0 aromatic carbocycles. The predicted octanol–water partition coefficient (Wildman–Crippen LogP) is 2.58. The zero-order chi connectivity index (χ0) is 11.5. The molecule has 1 fully saturated rings. The third kappa shape index (κ3) is 2.52. The van der Waals surface area contributed by atoms with Crippen molar-refractivity contribution in [1.82, 2.24) is 4.98 Å². The van der Waals surface area contributed by atoms with E-state index in [1.807, 2.05) is 12.1 Å². The highest BCUT2D eigenvalue weighted by molar-refractivity contribution is 5.46. The minimum absolute atomic E-state index is 0.482. The molecule has 3 nitrogen and oxygen atoms in total. The summed E-state index contributed by atoms with van der Waals surface area (Å²) in [6.45, 7) is 5.51. The van der Waals surface area contributed by atoms with Crippen molar-refractivity contribution in [3.05, 3.63) is 24.0 Å². The van der Waals surface area contributed by atoms with Gasteiger partial charge in [-0.3, -0.25) is 0 Å². The van der Waals surface area contributed by atoms with E-state index >= 15 is 0 Å². The summed E-state index contributed by atoms with van der Waals surface area (Å²) in [5.74, 6) is 0.859. The highest BCUT2D eigenvalue weighted by Crippen LogP contribution is 2.32. The number of aromatic nitrogens is 1. The second kappa shape index (κ2) is 4.52. The molecule has 0 unspecified atom stereocenters. The SMILES string of the molecule is CC(C)N(CC1CC1)c1ccc(C#N)nc1. The average molecular weight is 215 g/mol. The van der Waals surface area contributed by atoms with Gasteiger partial charge in [0.25, 0.3) is 0 Å². The third-order valence-electron chi connectivity index (χ3n) is 2.97. The van der Waals surface area contributed by atoms with Gasteiger partial charge in [-0.2, -0.15) is 5.26 Å². The zero-order valence-corrected chi connectivity index (χ0v) is 9.85. The first-order chi connectivity index (χ1) is 7.70. The van der Waals surface area contributed by atoms with Crippen LogP contribution in [0.4, 0.5) is 5.69 Å². The van der Waals surface area contributed by atoms with E-state index < -0.39 is 0 Å². The molecule has 0 amide bonds. The predicted molar refractivity (Wildman–Crippen MR) is 64.2 cm³/mol. The van der Waals surface area contributed by atoms with Gasteiger partial charge in [0.2, 0.25) is 0 Å². The fourth-order valence-electron chi connectivity index (χ4n) is 1.82. The minimum atomic E-state index is 0.482. The lowest BCUT2D eigenvalue weighted by Crippen LogP contribution is -2.32. The summed E-state index contributed by atoms with van der Waals surface area (Å²) in [7, 11) is 0. The molecule has 0 N–H and O–H groups in total. The maximum Gasteiger partial charge on any atom is 0.140 e. The Labute approximate surface area is 96.7 Å². The van der Waals surface area contributed by atoms with E-state index in [1.54, 1.807) is 12.3 Å². The molecule has 1 aromatic rings. The van der Waals surface area contributed by atoms with Crippen LogP contribution in [0.1, 0.15) is 32.4 Å². The van der Waals surface area contributed by atoms with E-state index in [9.17, 15) is 0 Å². The first-order valence-corrected chi connectivity index (χ1v) is 5.83. The Hall–Kier alpha value is -1.56. The number of anilines is 1. The molecular weight excluding hydrogens is 198 g/mol. The highest BCUT2D eigenvalue weighted by Gasteiger charge is 2.25. The van der Waals surface area contributed by atoms with E-state index in [1.165, 1.54) is 12.8 Å². The lowest BCUT2D eigenvalue weighted by molar-refractivity contribution is 0.643. The van der Waals surface area contributed by atoms with Crippen LogP contribution in [-0.2, 0) is 0 Å². The Morgan fingerprint density at radius 3 is 2.69 bits per heavy atom. The molecule has 2 rings (SSSR count). The number of nitrogens with zero attached hydrogens (tertiary/aromatic N) is 3. The Morgan fingerprint density at radius 2 is 2.25 bits per heavy atom. The van der Waals surface area contributed by atoms with Crippen molar-refractivity contribution in [1.29, 1.82) is 5.26 Å². The van der Waals surface area contributed by atoms with Gasteiger partial charge in [-0.05, 0) is 44.7 Å². The largest absolute Gasteiger partial charge is 0.368 e. The molecule has 1 aliphatic carbocycles. The van der Waals surface area contributed by atoms with Crippen molar-refractivity contribution in [3.8, 4) is 6.07 Å². The maximum absolute atomic E-state index is 8.71. The topological polar surface area (TPSA) is 39.9 Å². The quantitative estimate of drug-likeness (QED) is 0.775. The van der Waals surface area contributed by atoms with Gasteiger partial charge in [-0.15, -0.1) is 0 Å². The van der Waals surface area contributed by atoms with Crippen LogP contribution in [-0.4, -0.2) is 17.6 Å². The highest BCUT2D eigenvalue weighted by atomic mass is 15.2. The molecule has 1 aliphatic rings. The van der Waals surface area contributed by atoms with Gasteiger partial charge in [0.1, 0.15) is 11.8 Å². The van der Waals surface area contributed by atoms with Crippen LogP contribution in [0.2, 0.25) is 0 Å². The van der Waals surface area contributed by atoms with Gasteiger partial charge in [-0.25, -0.2) is 4.98 Å². The normalized spacial score (nSPS) is 14.9. The summed E-state index contributed by atoms with van der Waals surface area (Å²) in [6, 6.07) is 6.31. The second-order valence-corrected chi connectivity index (χ2v) is 4.70. The van der Waals surface area contributed by atoms with E-state index in [0.717, 1.165) is 18.2 Å². The number of nitriles is 1. The molecule has 0 atom stereocenters. The molecule has 1 heterocycles. The number of pyridine rings is 1. The molecule has 1 aromatic heterocycles. The number of rotatable bonds is 4. The van der Waals surface area contributed by atoms with Crippen molar-refractivity contribution in [2.75, 3.05) is 11.4 Å². The van der Waals surface area contributed by atoms with Gasteiger partial charge >= 0.3 is 0 Å². The lowest BCUT2D eigenvalue weighted by Gasteiger charge is -2.28. The van der Waals surface area contributed by atoms with Crippen molar-refractivity contribution in [3.63, 3.8) is 0 Å².